The molecule has 2 aromatic rings. The smallest absolute Gasteiger partial charge is 0.227 e. The van der Waals surface area contributed by atoms with E-state index in [0.717, 1.165) is 43.5 Å². The van der Waals surface area contributed by atoms with Crippen molar-refractivity contribution in [2.75, 3.05) is 13.7 Å². The predicted octanol–water partition coefficient (Wildman–Crippen LogP) is 3.07. The summed E-state index contributed by atoms with van der Waals surface area (Å²) in [6.45, 7) is 2.50. The molecule has 1 aliphatic rings. The van der Waals surface area contributed by atoms with E-state index in [9.17, 15) is 4.79 Å². The first-order valence-electron chi connectivity index (χ1n) is 8.40. The fourth-order valence-electron chi connectivity index (χ4n) is 3.24. The molecule has 0 spiro atoms. The number of benzene rings is 1. The average Bonchev–Trinajstić information content (AvgIpc) is 2.87. The minimum absolute atomic E-state index is 0.0776. The van der Waals surface area contributed by atoms with Gasteiger partial charge in [-0.2, -0.15) is 4.98 Å². The quantitative estimate of drug-likeness (QED) is 0.862. The van der Waals surface area contributed by atoms with Gasteiger partial charge in [0.1, 0.15) is 5.75 Å². The van der Waals surface area contributed by atoms with E-state index in [-0.39, 0.29) is 11.9 Å². The molecular weight excluding hydrogens is 306 g/mol. The van der Waals surface area contributed by atoms with Crippen molar-refractivity contribution < 1.29 is 14.1 Å². The first kappa shape index (κ1) is 16.5. The first-order valence-corrected chi connectivity index (χ1v) is 8.40. The fourth-order valence-corrected chi connectivity index (χ4v) is 3.24. The SMILES string of the molecule is COc1ccccc1CC(=O)N1CCCCC[C@H]1c1noc(C)n1. The molecule has 3 rings (SSSR count). The van der Waals surface area contributed by atoms with Crippen LogP contribution in [0.4, 0.5) is 0 Å². The van der Waals surface area contributed by atoms with Gasteiger partial charge in [0.2, 0.25) is 11.8 Å². The van der Waals surface area contributed by atoms with Gasteiger partial charge in [0.15, 0.2) is 5.82 Å². The minimum Gasteiger partial charge on any atom is -0.496 e. The molecule has 6 heteroatoms. The van der Waals surface area contributed by atoms with E-state index in [1.165, 1.54) is 0 Å². The summed E-state index contributed by atoms with van der Waals surface area (Å²) in [6, 6.07) is 7.54. The molecule has 24 heavy (non-hydrogen) atoms. The van der Waals surface area contributed by atoms with Crippen LogP contribution < -0.4 is 4.74 Å². The Morgan fingerprint density at radius 1 is 1.33 bits per heavy atom. The van der Waals surface area contributed by atoms with Gasteiger partial charge in [-0.15, -0.1) is 0 Å². The van der Waals surface area contributed by atoms with Gasteiger partial charge in [-0.1, -0.05) is 36.2 Å². The molecule has 0 N–H and O–H groups in total. The van der Waals surface area contributed by atoms with Crippen LogP contribution in [0.3, 0.4) is 0 Å². The molecule has 0 saturated carbocycles. The van der Waals surface area contributed by atoms with E-state index >= 15 is 0 Å². The highest BCUT2D eigenvalue weighted by atomic mass is 16.5. The molecule has 0 radical (unpaired) electrons. The third kappa shape index (κ3) is 3.58. The molecule has 0 aliphatic carbocycles. The van der Waals surface area contributed by atoms with Gasteiger partial charge in [-0.05, 0) is 18.9 Å². The molecule has 1 atom stereocenters. The Hall–Kier alpha value is -2.37. The molecule has 6 nitrogen and oxygen atoms in total. The number of aromatic nitrogens is 2. The third-order valence-electron chi connectivity index (χ3n) is 4.45. The maximum absolute atomic E-state index is 13.0. The number of amides is 1. The number of likely N-dealkylation sites (tertiary alicyclic amines) is 1. The summed E-state index contributed by atoms with van der Waals surface area (Å²) in [5.41, 5.74) is 0.900. The summed E-state index contributed by atoms with van der Waals surface area (Å²) in [6.07, 6.45) is 4.38. The van der Waals surface area contributed by atoms with Crippen LogP contribution in [0.2, 0.25) is 0 Å². The van der Waals surface area contributed by atoms with Crippen molar-refractivity contribution in [2.24, 2.45) is 0 Å². The number of para-hydroxylation sites is 1. The summed E-state index contributed by atoms with van der Waals surface area (Å²) in [5, 5.41) is 4.05. The number of hydrogen-bond acceptors (Lipinski definition) is 5. The lowest BCUT2D eigenvalue weighted by molar-refractivity contribution is -0.133. The lowest BCUT2D eigenvalue weighted by Gasteiger charge is -2.28. The molecular formula is C18H23N3O3. The molecule has 0 bridgehead atoms. The Morgan fingerprint density at radius 3 is 2.92 bits per heavy atom. The second kappa shape index (κ2) is 7.47. The molecule has 1 fully saturated rings. The zero-order valence-corrected chi connectivity index (χ0v) is 14.2. The van der Waals surface area contributed by atoms with Crippen molar-refractivity contribution in [2.45, 2.75) is 45.1 Å². The summed E-state index contributed by atoms with van der Waals surface area (Å²) in [4.78, 5) is 19.2. The monoisotopic (exact) mass is 329 g/mol. The van der Waals surface area contributed by atoms with E-state index < -0.39 is 0 Å². The van der Waals surface area contributed by atoms with Crippen LogP contribution in [-0.4, -0.2) is 34.6 Å². The van der Waals surface area contributed by atoms with Crippen molar-refractivity contribution in [1.82, 2.24) is 15.0 Å². The number of rotatable bonds is 4. The van der Waals surface area contributed by atoms with Gasteiger partial charge in [0.25, 0.3) is 0 Å². The van der Waals surface area contributed by atoms with Crippen LogP contribution in [0.15, 0.2) is 28.8 Å². The molecule has 1 aliphatic heterocycles. The van der Waals surface area contributed by atoms with E-state index in [4.69, 9.17) is 9.26 Å². The zero-order chi connectivity index (χ0) is 16.9. The molecule has 0 unspecified atom stereocenters. The Balaban J connectivity index is 1.82. The van der Waals surface area contributed by atoms with Gasteiger partial charge in [-0.3, -0.25) is 4.79 Å². The van der Waals surface area contributed by atoms with Gasteiger partial charge in [-0.25, -0.2) is 0 Å². The molecule has 1 aromatic carbocycles. The highest BCUT2D eigenvalue weighted by Crippen LogP contribution is 2.29. The van der Waals surface area contributed by atoms with E-state index in [0.29, 0.717) is 18.1 Å². The summed E-state index contributed by atoms with van der Waals surface area (Å²) in [5.74, 6) is 1.97. The Morgan fingerprint density at radius 2 is 2.17 bits per heavy atom. The van der Waals surface area contributed by atoms with E-state index in [1.54, 1.807) is 14.0 Å². The number of carbonyl (C=O) groups excluding carboxylic acids is 1. The normalized spacial score (nSPS) is 18.2. The second-order valence-electron chi connectivity index (χ2n) is 6.11. The summed E-state index contributed by atoms with van der Waals surface area (Å²) in [7, 11) is 1.63. The van der Waals surface area contributed by atoms with E-state index in [2.05, 4.69) is 10.1 Å². The fraction of sp³-hybridized carbons (Fsp3) is 0.500. The van der Waals surface area contributed by atoms with Crippen molar-refractivity contribution in [3.63, 3.8) is 0 Å². The topological polar surface area (TPSA) is 68.5 Å². The van der Waals surface area contributed by atoms with Crippen LogP contribution in [0.1, 0.15) is 49.0 Å². The lowest BCUT2D eigenvalue weighted by atomic mass is 10.1. The minimum atomic E-state index is -0.104. The Labute approximate surface area is 141 Å². The highest BCUT2D eigenvalue weighted by Gasteiger charge is 2.30. The summed E-state index contributed by atoms with van der Waals surface area (Å²) < 4.78 is 10.5. The zero-order valence-electron chi connectivity index (χ0n) is 14.2. The largest absolute Gasteiger partial charge is 0.496 e. The number of methoxy groups -OCH3 is 1. The summed E-state index contributed by atoms with van der Waals surface area (Å²) >= 11 is 0. The van der Waals surface area contributed by atoms with Crippen molar-refractivity contribution in [3.05, 3.63) is 41.5 Å². The van der Waals surface area contributed by atoms with Crippen LogP contribution in [0.5, 0.6) is 5.75 Å². The van der Waals surface area contributed by atoms with Gasteiger partial charge in [0, 0.05) is 19.0 Å². The number of hydrogen-bond donors (Lipinski definition) is 0. The first-order chi connectivity index (χ1) is 11.7. The number of ether oxygens (including phenoxy) is 1. The van der Waals surface area contributed by atoms with Crippen LogP contribution in [0, 0.1) is 6.92 Å². The van der Waals surface area contributed by atoms with Gasteiger partial charge < -0.3 is 14.2 Å². The van der Waals surface area contributed by atoms with Crippen LogP contribution in [-0.2, 0) is 11.2 Å². The third-order valence-corrected chi connectivity index (χ3v) is 4.45. The van der Waals surface area contributed by atoms with Gasteiger partial charge in [0.05, 0.1) is 19.6 Å². The van der Waals surface area contributed by atoms with Gasteiger partial charge >= 0.3 is 0 Å². The number of carbonyl (C=O) groups is 1. The maximum Gasteiger partial charge on any atom is 0.227 e. The Bertz CT molecular complexity index is 698. The standard InChI is InChI=1S/C18H23N3O3/c1-13-19-18(20-24-13)15-9-4-3-7-11-21(15)17(22)12-14-8-5-6-10-16(14)23-2/h5-6,8,10,15H,3-4,7,9,11-12H2,1-2H3/t15-/m0/s1. The van der Waals surface area contributed by atoms with Crippen molar-refractivity contribution in [3.8, 4) is 5.75 Å². The number of nitrogens with zero attached hydrogens (tertiary/aromatic N) is 3. The molecule has 2 heterocycles. The second-order valence-corrected chi connectivity index (χ2v) is 6.11. The lowest BCUT2D eigenvalue weighted by Crippen LogP contribution is -2.36. The van der Waals surface area contributed by atoms with Crippen molar-refractivity contribution >= 4 is 5.91 Å². The molecule has 128 valence electrons. The molecule has 1 aromatic heterocycles. The van der Waals surface area contributed by atoms with Crippen LogP contribution in [0.25, 0.3) is 0 Å². The maximum atomic E-state index is 13.0. The van der Waals surface area contributed by atoms with Crippen molar-refractivity contribution in [1.29, 1.82) is 0 Å². The van der Waals surface area contributed by atoms with E-state index in [1.807, 2.05) is 29.2 Å². The number of aryl methyl sites for hydroxylation is 1. The van der Waals surface area contributed by atoms with Crippen LogP contribution >= 0.6 is 0 Å². The molecule has 1 saturated heterocycles. The predicted molar refractivity (Wildman–Crippen MR) is 88.7 cm³/mol. The average molecular weight is 329 g/mol. The Kier molecular flexibility index (Phi) is 5.13. The highest BCUT2D eigenvalue weighted by molar-refractivity contribution is 5.80. The molecule has 1 amide bonds.